The van der Waals surface area contributed by atoms with Crippen LogP contribution in [0.4, 0.5) is 20.7 Å². The number of rotatable bonds is 8. The zero-order chi connectivity index (χ0) is 26.2. The van der Waals surface area contributed by atoms with Crippen molar-refractivity contribution < 1.29 is 13.9 Å². The highest BCUT2D eigenvalue weighted by molar-refractivity contribution is 5.68. The van der Waals surface area contributed by atoms with Gasteiger partial charge in [-0.2, -0.15) is 5.26 Å². The van der Waals surface area contributed by atoms with E-state index >= 15 is 0 Å². The number of ether oxygens (including phenoxy) is 1. The van der Waals surface area contributed by atoms with Crippen LogP contribution < -0.4 is 10.6 Å². The second kappa shape index (κ2) is 10.0. The van der Waals surface area contributed by atoms with Crippen LogP contribution in [0, 0.1) is 48.7 Å². The van der Waals surface area contributed by atoms with Crippen LogP contribution in [0.2, 0.25) is 0 Å². The molecule has 0 saturated heterocycles. The third kappa shape index (κ3) is 5.95. The fourth-order valence-corrected chi connectivity index (χ4v) is 5.24. The summed E-state index contributed by atoms with van der Waals surface area (Å²) < 4.78 is 19.6. The molecular formula is C28H36FN5O2. The van der Waals surface area contributed by atoms with Gasteiger partial charge in [-0.3, -0.25) is 4.98 Å². The number of amides is 1. The number of pyridine rings is 2. The lowest BCUT2D eigenvalue weighted by Crippen LogP contribution is -2.44. The Bertz CT molecular complexity index is 1180. The molecule has 2 fully saturated rings. The fraction of sp³-hybridized carbons (Fsp3) is 0.571. The van der Waals surface area contributed by atoms with Gasteiger partial charge in [-0.25, -0.2) is 14.2 Å². The highest BCUT2D eigenvalue weighted by Crippen LogP contribution is 2.59. The van der Waals surface area contributed by atoms with Crippen molar-refractivity contribution in [3.8, 4) is 6.07 Å². The minimum atomic E-state index is -0.539. The number of nitrogens with zero attached hydrogens (tertiary/aromatic N) is 3. The van der Waals surface area contributed by atoms with Crippen LogP contribution in [0.1, 0.15) is 81.8 Å². The average Bonchev–Trinajstić information content (AvgIpc) is 3.72. The molecule has 0 bridgehead atoms. The molecule has 2 unspecified atom stereocenters. The van der Waals surface area contributed by atoms with Crippen LogP contribution in [0.3, 0.4) is 0 Å². The minimum absolute atomic E-state index is 0.0419. The monoisotopic (exact) mass is 493 g/mol. The van der Waals surface area contributed by atoms with Gasteiger partial charge in [-0.1, -0.05) is 6.92 Å². The van der Waals surface area contributed by atoms with Gasteiger partial charge in [0.15, 0.2) is 0 Å². The van der Waals surface area contributed by atoms with E-state index in [1.54, 1.807) is 6.92 Å². The average molecular weight is 494 g/mol. The first-order valence-corrected chi connectivity index (χ1v) is 12.8. The Balaban J connectivity index is 1.55. The van der Waals surface area contributed by atoms with E-state index < -0.39 is 11.4 Å². The number of hydrogen-bond donors (Lipinski definition) is 2. The Morgan fingerprint density at radius 3 is 2.61 bits per heavy atom. The van der Waals surface area contributed by atoms with Gasteiger partial charge in [-0.05, 0) is 89.7 Å². The molecule has 36 heavy (non-hydrogen) atoms. The molecule has 0 aliphatic heterocycles. The molecule has 2 N–H and O–H groups in total. The van der Waals surface area contributed by atoms with Gasteiger partial charge < -0.3 is 15.4 Å². The summed E-state index contributed by atoms with van der Waals surface area (Å²) in [5.74, 6) is 1.61. The second-order valence-electron chi connectivity index (χ2n) is 11.2. The fourth-order valence-electron chi connectivity index (χ4n) is 5.24. The van der Waals surface area contributed by atoms with Crippen molar-refractivity contribution in [3.05, 3.63) is 46.7 Å². The summed E-state index contributed by atoms with van der Waals surface area (Å²) in [7, 11) is 0. The SMILES string of the molecule is CC[C@H](NC(=O)OC(C)(C)C)[C@@H](C1CC1)C1CC1c1nc(Nc2cnc(C)c(F)c2)c(C#N)cc1C. The molecule has 2 aromatic rings. The molecule has 4 rings (SSSR count). The van der Waals surface area contributed by atoms with Gasteiger partial charge in [0.05, 0.1) is 23.1 Å². The summed E-state index contributed by atoms with van der Waals surface area (Å²) in [6.45, 7) is 11.3. The molecule has 0 radical (unpaired) electrons. The van der Waals surface area contributed by atoms with Crippen molar-refractivity contribution in [1.82, 2.24) is 15.3 Å². The molecule has 2 aliphatic carbocycles. The number of halogens is 1. The van der Waals surface area contributed by atoms with E-state index in [4.69, 9.17) is 9.72 Å². The highest BCUT2D eigenvalue weighted by Gasteiger charge is 2.53. The number of hydrogen-bond acceptors (Lipinski definition) is 6. The summed E-state index contributed by atoms with van der Waals surface area (Å²) in [5.41, 5.74) is 2.57. The Morgan fingerprint density at radius 1 is 1.31 bits per heavy atom. The van der Waals surface area contributed by atoms with Crippen molar-refractivity contribution in [2.24, 2.45) is 17.8 Å². The van der Waals surface area contributed by atoms with E-state index in [1.807, 2.05) is 33.8 Å². The van der Waals surface area contributed by atoms with Gasteiger partial charge in [0, 0.05) is 23.7 Å². The van der Waals surface area contributed by atoms with Gasteiger partial charge in [0.2, 0.25) is 0 Å². The lowest BCUT2D eigenvalue weighted by molar-refractivity contribution is 0.0473. The molecule has 0 aromatic carbocycles. The number of carbonyl (C=O) groups excluding carboxylic acids is 1. The summed E-state index contributed by atoms with van der Waals surface area (Å²) in [5, 5.41) is 15.9. The number of aryl methyl sites for hydroxylation is 2. The zero-order valence-electron chi connectivity index (χ0n) is 22.0. The Hall–Kier alpha value is -3.21. The lowest BCUT2D eigenvalue weighted by atomic mass is 9.86. The third-order valence-electron chi connectivity index (χ3n) is 7.12. The first kappa shape index (κ1) is 25.9. The minimum Gasteiger partial charge on any atom is -0.444 e. The highest BCUT2D eigenvalue weighted by atomic mass is 19.1. The number of nitrogens with one attached hydrogen (secondary N) is 2. The Kier molecular flexibility index (Phi) is 7.21. The Labute approximate surface area is 212 Å². The van der Waals surface area contributed by atoms with E-state index in [0.717, 1.165) is 24.1 Å². The molecule has 7 nitrogen and oxygen atoms in total. The lowest BCUT2D eigenvalue weighted by Gasteiger charge is -2.29. The molecule has 4 atom stereocenters. The van der Waals surface area contributed by atoms with E-state index in [2.05, 4.69) is 28.6 Å². The van der Waals surface area contributed by atoms with Crippen molar-refractivity contribution in [1.29, 1.82) is 5.26 Å². The maximum atomic E-state index is 14.0. The van der Waals surface area contributed by atoms with E-state index in [-0.39, 0.29) is 18.1 Å². The summed E-state index contributed by atoms with van der Waals surface area (Å²) >= 11 is 0. The molecule has 2 heterocycles. The smallest absolute Gasteiger partial charge is 0.407 e. The molecule has 1 amide bonds. The standard InChI is InChI=1S/C28H36FN5O2/c1-7-23(33-27(35)36-28(4,5)6)24(17-8-9-17)20-12-21(20)25-15(2)10-18(13-30)26(34-25)32-19-11-22(29)16(3)31-14-19/h10-11,14,17,20-21,23-24H,7-9,12H2,1-6H3,(H,32,34)(H,33,35)/t20?,21?,23-,24-/m0/s1. The van der Waals surface area contributed by atoms with Crippen molar-refractivity contribution in [2.75, 3.05) is 5.32 Å². The molecule has 2 saturated carbocycles. The largest absolute Gasteiger partial charge is 0.444 e. The van der Waals surface area contributed by atoms with Crippen LogP contribution >= 0.6 is 0 Å². The number of carbonyl (C=O) groups is 1. The first-order valence-electron chi connectivity index (χ1n) is 12.8. The van der Waals surface area contributed by atoms with Gasteiger partial charge in [0.25, 0.3) is 0 Å². The molecule has 2 aliphatic rings. The van der Waals surface area contributed by atoms with Crippen molar-refractivity contribution in [3.63, 3.8) is 0 Å². The first-order chi connectivity index (χ1) is 17.0. The predicted octanol–water partition coefficient (Wildman–Crippen LogP) is 6.28. The normalized spacial score (nSPS) is 20.7. The maximum Gasteiger partial charge on any atom is 0.407 e. The van der Waals surface area contributed by atoms with Gasteiger partial charge >= 0.3 is 6.09 Å². The van der Waals surface area contributed by atoms with E-state index in [9.17, 15) is 14.4 Å². The topological polar surface area (TPSA) is 99.9 Å². The van der Waals surface area contributed by atoms with Crippen molar-refractivity contribution in [2.45, 2.75) is 84.8 Å². The summed E-state index contributed by atoms with van der Waals surface area (Å²) in [6, 6.07) is 5.45. The quantitative estimate of drug-likeness (QED) is 0.449. The molecule has 8 heteroatoms. The summed E-state index contributed by atoms with van der Waals surface area (Å²) in [6.07, 6.45) is 5.36. The number of nitriles is 1. The van der Waals surface area contributed by atoms with Gasteiger partial charge in [-0.15, -0.1) is 0 Å². The number of alkyl carbamates (subject to hydrolysis) is 1. The molecule has 0 spiro atoms. The van der Waals surface area contributed by atoms with E-state index in [0.29, 0.717) is 40.5 Å². The zero-order valence-corrected chi connectivity index (χ0v) is 22.0. The van der Waals surface area contributed by atoms with Crippen LogP contribution in [-0.4, -0.2) is 27.7 Å². The molecule has 2 aromatic heterocycles. The van der Waals surface area contributed by atoms with Gasteiger partial charge in [0.1, 0.15) is 23.3 Å². The number of anilines is 2. The van der Waals surface area contributed by atoms with Crippen molar-refractivity contribution >= 4 is 17.6 Å². The van der Waals surface area contributed by atoms with Crippen LogP contribution in [0.5, 0.6) is 0 Å². The van der Waals surface area contributed by atoms with E-state index in [1.165, 1.54) is 25.1 Å². The second-order valence-corrected chi connectivity index (χ2v) is 11.2. The molecular weight excluding hydrogens is 457 g/mol. The maximum absolute atomic E-state index is 14.0. The van der Waals surface area contributed by atoms with Crippen LogP contribution in [0.15, 0.2) is 18.3 Å². The predicted molar refractivity (Wildman–Crippen MR) is 136 cm³/mol. The van der Waals surface area contributed by atoms with Crippen LogP contribution in [0.25, 0.3) is 0 Å². The van der Waals surface area contributed by atoms with Crippen LogP contribution in [-0.2, 0) is 4.74 Å². The number of aromatic nitrogens is 2. The third-order valence-corrected chi connectivity index (χ3v) is 7.12. The summed E-state index contributed by atoms with van der Waals surface area (Å²) in [4.78, 5) is 21.5. The molecule has 192 valence electrons. The Morgan fingerprint density at radius 2 is 2.03 bits per heavy atom.